The second kappa shape index (κ2) is 11.3. The van der Waals surface area contributed by atoms with E-state index >= 15 is 0 Å². The molecule has 10 heteroatoms. The number of benzene rings is 2. The molecule has 1 aliphatic heterocycles. The van der Waals surface area contributed by atoms with Crippen molar-refractivity contribution in [2.45, 2.75) is 56.5 Å². The Kier molecular flexibility index (Phi) is 7.56. The van der Waals surface area contributed by atoms with E-state index in [2.05, 4.69) is 20.6 Å². The molecule has 3 atom stereocenters. The number of anilines is 1. The van der Waals surface area contributed by atoms with E-state index < -0.39 is 16.9 Å². The molecular weight excluding hydrogens is 542 g/mol. The van der Waals surface area contributed by atoms with Crippen LogP contribution in [0.3, 0.4) is 0 Å². The minimum atomic E-state index is -1.07. The number of imidazole rings is 1. The van der Waals surface area contributed by atoms with Gasteiger partial charge in [0.05, 0.1) is 29.2 Å². The molecule has 2 fully saturated rings. The van der Waals surface area contributed by atoms with E-state index in [-0.39, 0.29) is 30.3 Å². The molecule has 0 bridgehead atoms. The minimum absolute atomic E-state index is 0.0887. The number of hydrogen-bond donors (Lipinski definition) is 4. The van der Waals surface area contributed by atoms with Gasteiger partial charge >= 0.3 is 0 Å². The summed E-state index contributed by atoms with van der Waals surface area (Å²) in [5.74, 6) is -0.595. The number of nitrogens with two attached hydrogens (primary N) is 1. The Hall–Kier alpha value is -4.44. The quantitative estimate of drug-likeness (QED) is 0.227. The Balaban J connectivity index is 1.20. The molecule has 0 radical (unpaired) electrons. The average Bonchev–Trinajstić information content (AvgIpc) is 3.39. The zero-order valence-corrected chi connectivity index (χ0v) is 24.7. The van der Waals surface area contributed by atoms with Gasteiger partial charge in [0.25, 0.3) is 0 Å². The van der Waals surface area contributed by atoms with Crippen LogP contribution in [0.4, 0.5) is 5.82 Å². The summed E-state index contributed by atoms with van der Waals surface area (Å²) in [6.07, 6.45) is 8.55. The van der Waals surface area contributed by atoms with Crippen molar-refractivity contribution in [3.8, 4) is 0 Å². The molecule has 4 aromatic rings. The molecule has 10 nitrogen and oxygen atoms in total. The van der Waals surface area contributed by atoms with Gasteiger partial charge in [-0.05, 0) is 56.7 Å². The highest BCUT2D eigenvalue weighted by Crippen LogP contribution is 2.59. The van der Waals surface area contributed by atoms with Crippen molar-refractivity contribution in [3.63, 3.8) is 0 Å². The number of amides is 3. The first-order valence-electron chi connectivity index (χ1n) is 15.0. The molecule has 3 heterocycles. The normalized spacial score (nSPS) is 20.6. The van der Waals surface area contributed by atoms with Gasteiger partial charge in [0, 0.05) is 42.9 Å². The third-order valence-electron chi connectivity index (χ3n) is 8.81. The molecule has 1 aliphatic carbocycles. The molecule has 2 aromatic heterocycles. The first kappa shape index (κ1) is 28.7. The van der Waals surface area contributed by atoms with Gasteiger partial charge in [0.15, 0.2) is 5.82 Å². The Morgan fingerprint density at radius 2 is 1.81 bits per heavy atom. The Morgan fingerprint density at radius 3 is 2.56 bits per heavy atom. The van der Waals surface area contributed by atoms with E-state index in [1.165, 1.54) is 0 Å². The smallest absolute Gasteiger partial charge is 0.239 e. The molecule has 6 rings (SSSR count). The molecule has 2 aromatic carbocycles. The molecule has 5 N–H and O–H groups in total. The van der Waals surface area contributed by atoms with Crippen molar-refractivity contribution < 1.29 is 14.4 Å². The third-order valence-corrected chi connectivity index (χ3v) is 8.81. The summed E-state index contributed by atoms with van der Waals surface area (Å²) < 4.78 is 1.95. The number of carbonyl (C=O) groups is 3. The van der Waals surface area contributed by atoms with Crippen LogP contribution < -0.4 is 16.4 Å². The maximum Gasteiger partial charge on any atom is 0.239 e. The SMILES string of the molecule is CC(C)(N)C(=O)NCC(Cc1c[nH]c2ccccc12)C(=O)Nc1cn(C2CC2(C(=O)N2CCCC2)c2ccccc2)cn1. The predicted octanol–water partition coefficient (Wildman–Crippen LogP) is 3.52. The lowest BCUT2D eigenvalue weighted by molar-refractivity contribution is -0.133. The predicted molar refractivity (Wildman–Crippen MR) is 165 cm³/mol. The third kappa shape index (κ3) is 5.67. The van der Waals surface area contributed by atoms with Crippen molar-refractivity contribution in [1.29, 1.82) is 0 Å². The van der Waals surface area contributed by atoms with Crippen LogP contribution in [0.1, 0.15) is 50.3 Å². The monoisotopic (exact) mass is 581 g/mol. The van der Waals surface area contributed by atoms with Crippen LogP contribution >= 0.6 is 0 Å². The van der Waals surface area contributed by atoms with Gasteiger partial charge in [0.1, 0.15) is 0 Å². The fraction of sp³-hybridized carbons (Fsp3) is 0.394. The zero-order chi connectivity index (χ0) is 30.2. The van der Waals surface area contributed by atoms with Gasteiger partial charge in [0.2, 0.25) is 17.7 Å². The van der Waals surface area contributed by atoms with E-state index in [0.717, 1.165) is 48.0 Å². The lowest BCUT2D eigenvalue weighted by atomic mass is 9.93. The Morgan fingerprint density at radius 1 is 1.09 bits per heavy atom. The van der Waals surface area contributed by atoms with Gasteiger partial charge in [-0.3, -0.25) is 14.4 Å². The van der Waals surface area contributed by atoms with Crippen LogP contribution in [-0.4, -0.2) is 62.3 Å². The van der Waals surface area contributed by atoms with Crippen molar-refractivity contribution in [2.75, 3.05) is 25.0 Å². The van der Waals surface area contributed by atoms with Crippen LogP contribution in [0.5, 0.6) is 0 Å². The first-order chi connectivity index (χ1) is 20.7. The number of hydrogen-bond acceptors (Lipinski definition) is 5. The number of nitrogens with one attached hydrogen (secondary N) is 3. The van der Waals surface area contributed by atoms with E-state index in [4.69, 9.17) is 5.73 Å². The second-order valence-electron chi connectivity index (χ2n) is 12.4. The van der Waals surface area contributed by atoms with Crippen LogP contribution in [0.25, 0.3) is 10.9 Å². The molecule has 224 valence electrons. The van der Waals surface area contributed by atoms with Gasteiger partial charge in [-0.25, -0.2) is 4.98 Å². The van der Waals surface area contributed by atoms with Crippen LogP contribution in [0.15, 0.2) is 73.3 Å². The number of aromatic nitrogens is 3. The topological polar surface area (TPSA) is 138 Å². The van der Waals surface area contributed by atoms with Crippen molar-refractivity contribution in [3.05, 3.63) is 84.4 Å². The van der Waals surface area contributed by atoms with E-state index in [1.807, 2.05) is 70.3 Å². The molecule has 1 saturated heterocycles. The van der Waals surface area contributed by atoms with E-state index in [1.54, 1.807) is 26.4 Å². The molecule has 3 amide bonds. The van der Waals surface area contributed by atoms with E-state index in [0.29, 0.717) is 18.7 Å². The zero-order valence-electron chi connectivity index (χ0n) is 24.7. The maximum absolute atomic E-state index is 13.8. The van der Waals surface area contributed by atoms with Crippen LogP contribution in [0, 0.1) is 5.92 Å². The van der Waals surface area contributed by atoms with Gasteiger partial charge in [-0.2, -0.15) is 0 Å². The van der Waals surface area contributed by atoms with Gasteiger partial charge in [-0.1, -0.05) is 48.5 Å². The highest BCUT2D eigenvalue weighted by Gasteiger charge is 2.63. The number of H-pyrrole nitrogens is 1. The highest BCUT2D eigenvalue weighted by molar-refractivity contribution is 5.94. The summed E-state index contributed by atoms with van der Waals surface area (Å²) in [5, 5.41) is 6.84. The summed E-state index contributed by atoms with van der Waals surface area (Å²) >= 11 is 0. The maximum atomic E-state index is 13.8. The number of rotatable bonds is 10. The largest absolute Gasteiger partial charge is 0.361 e. The van der Waals surface area contributed by atoms with Crippen molar-refractivity contribution in [2.24, 2.45) is 11.7 Å². The number of likely N-dealkylation sites (tertiary alicyclic amines) is 1. The number of para-hydroxylation sites is 1. The molecule has 2 aliphatic rings. The number of aromatic amines is 1. The highest BCUT2D eigenvalue weighted by atomic mass is 16.2. The fourth-order valence-electron chi connectivity index (χ4n) is 6.27. The van der Waals surface area contributed by atoms with Crippen molar-refractivity contribution >= 4 is 34.4 Å². The van der Waals surface area contributed by atoms with Gasteiger partial charge in [-0.15, -0.1) is 0 Å². The van der Waals surface area contributed by atoms with Crippen molar-refractivity contribution in [1.82, 2.24) is 24.8 Å². The molecule has 0 spiro atoms. The summed E-state index contributed by atoms with van der Waals surface area (Å²) in [6, 6.07) is 17.8. The summed E-state index contributed by atoms with van der Waals surface area (Å²) in [4.78, 5) is 49.7. The number of fused-ring (bicyclic) bond motifs is 1. The summed E-state index contributed by atoms with van der Waals surface area (Å²) in [7, 11) is 0. The molecule has 1 saturated carbocycles. The minimum Gasteiger partial charge on any atom is -0.361 e. The fourth-order valence-corrected chi connectivity index (χ4v) is 6.27. The lowest BCUT2D eigenvalue weighted by Crippen LogP contribution is -2.51. The first-order valence-corrected chi connectivity index (χ1v) is 15.0. The molecule has 43 heavy (non-hydrogen) atoms. The van der Waals surface area contributed by atoms with Crippen LogP contribution in [0.2, 0.25) is 0 Å². The Labute approximate surface area is 251 Å². The summed E-state index contributed by atoms with van der Waals surface area (Å²) in [6.45, 7) is 4.97. The molecular formula is C33H39N7O3. The standard InChI is InChI=1S/C33H39N7O3/c1-32(2,34)30(42)36-19-23(16-22-18-35-26-13-7-6-12-25(22)26)29(41)38-28-20-40(21-37-28)27-17-33(27,24-10-4-3-5-11-24)31(43)39-14-8-9-15-39/h3-7,10-13,18,20-21,23,27,35H,8-9,14-17,19,34H2,1-2H3,(H,36,42)(H,38,41). The van der Waals surface area contributed by atoms with Crippen LogP contribution in [-0.2, 0) is 26.2 Å². The average molecular weight is 582 g/mol. The summed E-state index contributed by atoms with van der Waals surface area (Å²) in [5.41, 5.74) is 7.25. The number of nitrogens with zero attached hydrogens (tertiary/aromatic N) is 3. The van der Waals surface area contributed by atoms with E-state index in [9.17, 15) is 14.4 Å². The van der Waals surface area contributed by atoms with Gasteiger partial charge < -0.3 is 30.8 Å². The lowest BCUT2D eigenvalue weighted by Gasteiger charge is -2.24. The Bertz CT molecular complexity index is 1630. The number of carbonyl (C=O) groups excluding carboxylic acids is 3. The molecule has 3 unspecified atom stereocenters. The second-order valence-corrected chi connectivity index (χ2v) is 12.4.